The summed E-state index contributed by atoms with van der Waals surface area (Å²) in [5.74, 6) is -1.29. The second-order valence-electron chi connectivity index (χ2n) is 8.62. The summed E-state index contributed by atoms with van der Waals surface area (Å²) >= 11 is 0. The Labute approximate surface area is 176 Å². The summed E-state index contributed by atoms with van der Waals surface area (Å²) < 4.78 is 27.5. The summed E-state index contributed by atoms with van der Waals surface area (Å²) in [6.45, 7) is 0.930. The van der Waals surface area contributed by atoms with Gasteiger partial charge in [-0.05, 0) is 66.3 Å². The van der Waals surface area contributed by atoms with Crippen LogP contribution in [-0.4, -0.2) is 54.1 Å². The highest BCUT2D eigenvalue weighted by atomic mass is 32.2. The van der Waals surface area contributed by atoms with Gasteiger partial charge in [-0.25, -0.2) is 8.42 Å². The molecule has 30 heavy (non-hydrogen) atoms. The first-order valence-corrected chi connectivity index (χ1v) is 12.2. The van der Waals surface area contributed by atoms with Gasteiger partial charge in [0.1, 0.15) is 16.3 Å². The Morgan fingerprint density at radius 1 is 1.07 bits per heavy atom. The van der Waals surface area contributed by atoms with Crippen molar-refractivity contribution in [3.05, 3.63) is 45.8 Å². The Kier molecular flexibility index (Phi) is 4.57. The molecule has 2 aromatic rings. The molecule has 1 aliphatic heterocycles. The van der Waals surface area contributed by atoms with Crippen molar-refractivity contribution in [3.8, 4) is 0 Å². The lowest BCUT2D eigenvalue weighted by atomic mass is 9.91. The molecule has 3 aliphatic rings. The minimum atomic E-state index is -3.94. The highest BCUT2D eigenvalue weighted by Gasteiger charge is 2.34. The number of nitrogens with zero attached hydrogens (tertiary/aromatic N) is 3. The van der Waals surface area contributed by atoms with Crippen molar-refractivity contribution in [2.24, 2.45) is 0 Å². The van der Waals surface area contributed by atoms with Crippen LogP contribution in [0, 0.1) is 0 Å². The number of carbonyl (C=O) groups is 2. The van der Waals surface area contributed by atoms with Gasteiger partial charge in [0.2, 0.25) is 0 Å². The number of fused-ring (bicyclic) bond motifs is 3. The van der Waals surface area contributed by atoms with Crippen LogP contribution >= 0.6 is 0 Å². The molecular formula is C22H25N3O4S. The van der Waals surface area contributed by atoms with Crippen molar-refractivity contribution in [2.75, 3.05) is 19.3 Å². The zero-order valence-electron chi connectivity index (χ0n) is 17.1. The van der Waals surface area contributed by atoms with E-state index in [0.29, 0.717) is 13.1 Å². The molecule has 158 valence electrons. The maximum Gasteiger partial charge on any atom is 0.273 e. The average Bonchev–Trinajstić information content (AvgIpc) is 3.42. The second kappa shape index (κ2) is 7.04. The number of aromatic nitrogens is 2. The quantitative estimate of drug-likeness (QED) is 0.722. The number of hydrogen-bond acceptors (Lipinski definition) is 5. The van der Waals surface area contributed by atoms with Crippen molar-refractivity contribution in [1.82, 2.24) is 14.7 Å². The molecule has 2 heterocycles. The van der Waals surface area contributed by atoms with Gasteiger partial charge >= 0.3 is 0 Å². The lowest BCUT2D eigenvalue weighted by molar-refractivity contribution is -0.116. The summed E-state index contributed by atoms with van der Waals surface area (Å²) in [4.78, 5) is 26.8. The summed E-state index contributed by atoms with van der Waals surface area (Å²) in [5.41, 5.74) is 6.34. The fourth-order valence-electron chi connectivity index (χ4n) is 5.19. The molecule has 1 amide bonds. The van der Waals surface area contributed by atoms with E-state index in [1.807, 2.05) is 0 Å². The predicted octanol–water partition coefficient (Wildman–Crippen LogP) is 1.53. The van der Waals surface area contributed by atoms with E-state index in [9.17, 15) is 18.0 Å². The van der Waals surface area contributed by atoms with Gasteiger partial charge in [-0.1, -0.05) is 6.07 Å². The van der Waals surface area contributed by atoms with Crippen molar-refractivity contribution >= 4 is 21.5 Å². The number of sulfone groups is 1. The predicted molar refractivity (Wildman–Crippen MR) is 110 cm³/mol. The number of aryl methyl sites for hydroxylation is 2. The van der Waals surface area contributed by atoms with Crippen LogP contribution in [0.1, 0.15) is 51.1 Å². The number of likely N-dealkylation sites (N-methyl/N-ethyl adjacent to an activating group) is 1. The molecule has 0 saturated carbocycles. The molecule has 0 unspecified atom stereocenters. The lowest BCUT2D eigenvalue weighted by Gasteiger charge is -2.23. The van der Waals surface area contributed by atoms with Crippen LogP contribution in [0.15, 0.2) is 17.2 Å². The molecule has 0 atom stereocenters. The Morgan fingerprint density at radius 2 is 1.73 bits per heavy atom. The molecule has 7 nitrogen and oxygen atoms in total. The van der Waals surface area contributed by atoms with Crippen LogP contribution in [0.4, 0.5) is 0 Å². The molecule has 0 fully saturated rings. The molecule has 2 aliphatic carbocycles. The largest absolute Gasteiger partial charge is 0.338 e. The molecule has 5 rings (SSSR count). The zero-order valence-corrected chi connectivity index (χ0v) is 17.9. The van der Waals surface area contributed by atoms with Gasteiger partial charge in [-0.3, -0.25) is 14.3 Å². The molecular weight excluding hydrogens is 402 g/mol. The number of amides is 1. The first kappa shape index (κ1) is 19.5. The molecule has 0 saturated heterocycles. The molecule has 0 radical (unpaired) electrons. The molecule has 1 aromatic carbocycles. The third-order valence-corrected chi connectivity index (χ3v) is 8.33. The van der Waals surface area contributed by atoms with Crippen molar-refractivity contribution in [3.63, 3.8) is 0 Å². The van der Waals surface area contributed by atoms with E-state index >= 15 is 0 Å². The SMILES string of the molecule is CN1CCn2ncc(S(=O)(=O)CC(=O)Cc3c4c(cc5c3CCC5)CCC4)c2C1=O. The van der Waals surface area contributed by atoms with Crippen molar-refractivity contribution in [1.29, 1.82) is 0 Å². The Hall–Kier alpha value is -2.48. The van der Waals surface area contributed by atoms with E-state index in [0.717, 1.165) is 44.1 Å². The standard InChI is InChI=1S/C22H25N3O4S/c1-24-8-9-25-21(22(24)27)20(12-23-25)30(28,29)13-16(26)11-19-17-6-2-4-14(17)10-15-5-3-7-18(15)19/h10,12H,2-9,11,13H2,1H3. The Balaban J connectivity index is 1.43. The maximum atomic E-state index is 13.0. The van der Waals surface area contributed by atoms with Crippen LogP contribution < -0.4 is 0 Å². The summed E-state index contributed by atoms with van der Waals surface area (Å²) in [5, 5.41) is 4.07. The minimum Gasteiger partial charge on any atom is -0.338 e. The van der Waals surface area contributed by atoms with Gasteiger partial charge in [0.25, 0.3) is 5.91 Å². The summed E-state index contributed by atoms with van der Waals surface area (Å²) in [6.07, 6.45) is 7.58. The number of hydrogen-bond donors (Lipinski definition) is 0. The average molecular weight is 428 g/mol. The maximum absolute atomic E-state index is 13.0. The third kappa shape index (κ3) is 3.09. The van der Waals surface area contributed by atoms with E-state index < -0.39 is 15.6 Å². The minimum absolute atomic E-state index is 0.0676. The normalized spacial score (nSPS) is 17.8. The van der Waals surface area contributed by atoms with E-state index in [-0.39, 0.29) is 28.7 Å². The third-order valence-electron chi connectivity index (χ3n) is 6.66. The van der Waals surface area contributed by atoms with Gasteiger partial charge in [0, 0.05) is 20.0 Å². The number of benzene rings is 1. The van der Waals surface area contributed by atoms with Crippen LogP contribution in [0.2, 0.25) is 0 Å². The highest BCUT2D eigenvalue weighted by Crippen LogP contribution is 2.35. The Bertz CT molecular complexity index is 1150. The smallest absolute Gasteiger partial charge is 0.273 e. The van der Waals surface area contributed by atoms with Crippen molar-refractivity contribution < 1.29 is 18.0 Å². The van der Waals surface area contributed by atoms with Crippen LogP contribution in [-0.2, 0) is 53.3 Å². The van der Waals surface area contributed by atoms with Gasteiger partial charge in [-0.15, -0.1) is 0 Å². The highest BCUT2D eigenvalue weighted by molar-refractivity contribution is 7.92. The number of carbonyl (C=O) groups excluding carboxylic acids is 2. The topological polar surface area (TPSA) is 89.3 Å². The lowest BCUT2D eigenvalue weighted by Crippen LogP contribution is -2.38. The number of Topliss-reactive ketones (excluding diaryl/α,β-unsaturated/α-hetero) is 1. The fourth-order valence-corrected chi connectivity index (χ4v) is 6.57. The molecule has 0 bridgehead atoms. The zero-order chi connectivity index (χ0) is 21.0. The molecule has 8 heteroatoms. The summed E-state index contributed by atoms with van der Waals surface area (Å²) in [6, 6.07) is 2.30. The number of rotatable bonds is 5. The number of ketones is 1. The fraction of sp³-hybridized carbons (Fsp3) is 0.500. The van der Waals surface area contributed by atoms with E-state index in [1.54, 1.807) is 7.05 Å². The first-order valence-electron chi connectivity index (χ1n) is 10.6. The van der Waals surface area contributed by atoms with E-state index in [2.05, 4.69) is 11.2 Å². The van der Waals surface area contributed by atoms with Crippen LogP contribution in [0.3, 0.4) is 0 Å². The monoisotopic (exact) mass is 427 g/mol. The van der Waals surface area contributed by atoms with Gasteiger partial charge in [-0.2, -0.15) is 5.10 Å². The van der Waals surface area contributed by atoms with E-state index in [4.69, 9.17) is 0 Å². The van der Waals surface area contributed by atoms with Gasteiger partial charge < -0.3 is 4.90 Å². The summed E-state index contributed by atoms with van der Waals surface area (Å²) in [7, 11) is -2.31. The molecule has 1 aromatic heterocycles. The van der Waals surface area contributed by atoms with Crippen LogP contribution in [0.5, 0.6) is 0 Å². The molecule has 0 N–H and O–H groups in total. The van der Waals surface area contributed by atoms with E-state index in [1.165, 1.54) is 38.0 Å². The van der Waals surface area contributed by atoms with Gasteiger partial charge in [0.15, 0.2) is 15.6 Å². The molecule has 0 spiro atoms. The van der Waals surface area contributed by atoms with Crippen LogP contribution in [0.25, 0.3) is 0 Å². The second-order valence-corrected chi connectivity index (χ2v) is 10.6. The van der Waals surface area contributed by atoms with Crippen molar-refractivity contribution in [2.45, 2.75) is 56.4 Å². The van der Waals surface area contributed by atoms with Gasteiger partial charge in [0.05, 0.1) is 12.7 Å². The Morgan fingerprint density at radius 3 is 2.40 bits per heavy atom. The first-order chi connectivity index (χ1) is 14.3.